The van der Waals surface area contributed by atoms with Gasteiger partial charge in [-0.2, -0.15) is 0 Å². The summed E-state index contributed by atoms with van der Waals surface area (Å²) in [6.07, 6.45) is 4.52. The second kappa shape index (κ2) is 10.4. The average Bonchev–Trinajstić information content (AvgIpc) is 3.04. The van der Waals surface area contributed by atoms with E-state index in [-0.39, 0.29) is 28.8 Å². The molecule has 0 aromatic heterocycles. The minimum absolute atomic E-state index is 0.163. The van der Waals surface area contributed by atoms with Gasteiger partial charge in [-0.1, -0.05) is 12.8 Å². The molecular formula is C21H30N4O5. The molecule has 2 aliphatic rings. The molecule has 0 atom stereocenters. The Morgan fingerprint density at radius 1 is 1.00 bits per heavy atom. The number of nitro benzene ring substituents is 1. The molecule has 2 saturated heterocycles. The normalized spacial score (nSPS) is 18.0. The van der Waals surface area contributed by atoms with Crippen LogP contribution in [0.4, 0.5) is 5.69 Å². The Balaban J connectivity index is 1.55. The minimum Gasteiger partial charge on any atom is -0.487 e. The molecule has 0 radical (unpaired) electrons. The van der Waals surface area contributed by atoms with E-state index in [4.69, 9.17) is 4.74 Å². The highest BCUT2D eigenvalue weighted by Gasteiger charge is 2.27. The first-order valence-corrected chi connectivity index (χ1v) is 10.7. The summed E-state index contributed by atoms with van der Waals surface area (Å²) in [4.78, 5) is 41.9. The van der Waals surface area contributed by atoms with Gasteiger partial charge in [-0.05, 0) is 31.9 Å². The lowest BCUT2D eigenvalue weighted by Gasteiger charge is -2.35. The fourth-order valence-electron chi connectivity index (χ4n) is 3.97. The summed E-state index contributed by atoms with van der Waals surface area (Å²) in [6.45, 7) is 6.35. The van der Waals surface area contributed by atoms with Gasteiger partial charge in [0.15, 0.2) is 5.75 Å². The van der Waals surface area contributed by atoms with Gasteiger partial charge in [0.05, 0.1) is 18.1 Å². The summed E-state index contributed by atoms with van der Waals surface area (Å²) in [5, 5.41) is 11.3. The molecule has 0 spiro atoms. The van der Waals surface area contributed by atoms with E-state index in [0.717, 1.165) is 25.9 Å². The van der Waals surface area contributed by atoms with Crippen LogP contribution in [-0.2, 0) is 4.79 Å². The first-order chi connectivity index (χ1) is 14.5. The van der Waals surface area contributed by atoms with Gasteiger partial charge in [0, 0.05) is 50.9 Å². The zero-order chi connectivity index (χ0) is 21.5. The Labute approximate surface area is 176 Å². The van der Waals surface area contributed by atoms with Gasteiger partial charge in [0.1, 0.15) is 0 Å². The van der Waals surface area contributed by atoms with Gasteiger partial charge in [-0.25, -0.2) is 0 Å². The monoisotopic (exact) mass is 418 g/mol. The van der Waals surface area contributed by atoms with Gasteiger partial charge in [-0.15, -0.1) is 0 Å². The molecule has 0 saturated carbocycles. The second-order valence-electron chi connectivity index (χ2n) is 7.74. The topological polar surface area (TPSA) is 96.2 Å². The fraction of sp³-hybridized carbons (Fsp3) is 0.619. The molecule has 3 rings (SSSR count). The number of carbonyl (C=O) groups excluding carboxylic acids is 2. The number of likely N-dealkylation sites (tertiary alicyclic amines) is 1. The molecular weight excluding hydrogens is 388 g/mol. The highest BCUT2D eigenvalue weighted by atomic mass is 16.6. The van der Waals surface area contributed by atoms with Gasteiger partial charge >= 0.3 is 5.69 Å². The predicted octanol–water partition coefficient (Wildman–Crippen LogP) is 2.15. The Hall–Kier alpha value is -2.68. The van der Waals surface area contributed by atoms with Crippen molar-refractivity contribution in [2.45, 2.75) is 32.6 Å². The van der Waals surface area contributed by atoms with Crippen molar-refractivity contribution < 1.29 is 19.2 Å². The maximum absolute atomic E-state index is 12.8. The molecule has 2 amide bonds. The van der Waals surface area contributed by atoms with Crippen molar-refractivity contribution in [3.63, 3.8) is 0 Å². The van der Waals surface area contributed by atoms with Gasteiger partial charge in [-0.3, -0.25) is 24.6 Å². The van der Waals surface area contributed by atoms with Crippen LogP contribution < -0.4 is 4.74 Å². The molecule has 2 heterocycles. The summed E-state index contributed by atoms with van der Waals surface area (Å²) < 4.78 is 5.28. The maximum Gasteiger partial charge on any atom is 0.311 e. The van der Waals surface area contributed by atoms with E-state index in [9.17, 15) is 19.7 Å². The molecule has 0 aliphatic carbocycles. The smallest absolute Gasteiger partial charge is 0.311 e. The van der Waals surface area contributed by atoms with Crippen molar-refractivity contribution >= 4 is 17.5 Å². The molecule has 1 aromatic rings. The molecule has 2 aliphatic heterocycles. The van der Waals surface area contributed by atoms with Crippen molar-refractivity contribution in [2.24, 2.45) is 0 Å². The number of amides is 2. The molecule has 0 N–H and O–H groups in total. The number of hydrogen-bond donors (Lipinski definition) is 0. The average molecular weight is 418 g/mol. The SMILES string of the molecule is CCOc1ccc(C(=O)N2CCN(CC(=O)N3CCCCCC3)CC2)cc1[N+](=O)[O-]. The van der Waals surface area contributed by atoms with Gasteiger partial charge < -0.3 is 14.5 Å². The Morgan fingerprint density at radius 3 is 2.27 bits per heavy atom. The van der Waals surface area contributed by atoms with Crippen LogP contribution in [0.2, 0.25) is 0 Å². The number of ether oxygens (including phenoxy) is 1. The second-order valence-corrected chi connectivity index (χ2v) is 7.74. The van der Waals surface area contributed by atoms with Crippen LogP contribution in [0, 0.1) is 10.1 Å². The third kappa shape index (κ3) is 5.47. The number of piperazine rings is 1. The molecule has 9 nitrogen and oxygen atoms in total. The number of nitro groups is 1. The van der Waals surface area contributed by atoms with Crippen LogP contribution in [0.15, 0.2) is 18.2 Å². The lowest BCUT2D eigenvalue weighted by atomic mass is 10.1. The highest BCUT2D eigenvalue weighted by molar-refractivity contribution is 5.95. The Bertz CT molecular complexity index is 769. The Kier molecular flexibility index (Phi) is 7.62. The minimum atomic E-state index is -0.534. The molecule has 0 unspecified atom stereocenters. The first-order valence-electron chi connectivity index (χ1n) is 10.7. The van der Waals surface area contributed by atoms with E-state index >= 15 is 0 Å². The third-order valence-electron chi connectivity index (χ3n) is 5.68. The fourth-order valence-corrected chi connectivity index (χ4v) is 3.97. The zero-order valence-electron chi connectivity index (χ0n) is 17.5. The van der Waals surface area contributed by atoms with Crippen LogP contribution in [0.25, 0.3) is 0 Å². The van der Waals surface area contributed by atoms with E-state index in [0.29, 0.717) is 39.3 Å². The van der Waals surface area contributed by atoms with Crippen LogP contribution in [0.5, 0.6) is 5.75 Å². The number of rotatable bonds is 6. The van der Waals surface area contributed by atoms with Crippen LogP contribution in [0.1, 0.15) is 43.0 Å². The van der Waals surface area contributed by atoms with Crippen LogP contribution >= 0.6 is 0 Å². The van der Waals surface area contributed by atoms with E-state index in [1.54, 1.807) is 17.9 Å². The lowest BCUT2D eigenvalue weighted by molar-refractivity contribution is -0.385. The van der Waals surface area contributed by atoms with Crippen molar-refractivity contribution in [1.29, 1.82) is 0 Å². The zero-order valence-corrected chi connectivity index (χ0v) is 17.5. The van der Waals surface area contributed by atoms with E-state index in [1.807, 2.05) is 4.90 Å². The van der Waals surface area contributed by atoms with Crippen molar-refractivity contribution in [3.8, 4) is 5.75 Å². The summed E-state index contributed by atoms with van der Waals surface area (Å²) >= 11 is 0. The largest absolute Gasteiger partial charge is 0.487 e. The number of nitrogens with zero attached hydrogens (tertiary/aromatic N) is 4. The summed E-state index contributed by atoms with van der Waals surface area (Å²) in [6, 6.07) is 4.32. The van der Waals surface area contributed by atoms with Crippen LogP contribution in [0.3, 0.4) is 0 Å². The van der Waals surface area contributed by atoms with Crippen molar-refractivity contribution in [2.75, 3.05) is 52.4 Å². The molecule has 1 aromatic carbocycles. The quantitative estimate of drug-likeness (QED) is 0.519. The maximum atomic E-state index is 12.8. The van der Waals surface area contributed by atoms with Crippen molar-refractivity contribution in [3.05, 3.63) is 33.9 Å². The number of benzene rings is 1. The standard InChI is InChI=1S/C21H30N4O5/c1-2-30-19-8-7-17(15-18(19)25(28)29)21(27)24-13-11-22(12-14-24)16-20(26)23-9-5-3-4-6-10-23/h7-8,15H,2-6,9-14,16H2,1H3. The molecule has 2 fully saturated rings. The van der Waals surface area contributed by atoms with Gasteiger partial charge in [0.25, 0.3) is 5.91 Å². The summed E-state index contributed by atoms with van der Waals surface area (Å²) in [5.74, 6) is 0.0920. The molecule has 30 heavy (non-hydrogen) atoms. The Morgan fingerprint density at radius 2 is 1.67 bits per heavy atom. The molecule has 164 valence electrons. The van der Waals surface area contributed by atoms with Gasteiger partial charge in [0.2, 0.25) is 5.91 Å². The summed E-state index contributed by atoms with van der Waals surface area (Å²) in [5.41, 5.74) is 0.0728. The first kappa shape index (κ1) is 22.0. The third-order valence-corrected chi connectivity index (χ3v) is 5.68. The van der Waals surface area contributed by atoms with E-state index < -0.39 is 4.92 Å². The van der Waals surface area contributed by atoms with Crippen molar-refractivity contribution in [1.82, 2.24) is 14.7 Å². The van der Waals surface area contributed by atoms with E-state index in [1.165, 1.54) is 25.0 Å². The highest BCUT2D eigenvalue weighted by Crippen LogP contribution is 2.28. The molecule has 0 bridgehead atoms. The predicted molar refractivity (Wildman–Crippen MR) is 112 cm³/mol. The summed E-state index contributed by atoms with van der Waals surface area (Å²) in [7, 11) is 0. The van der Waals surface area contributed by atoms with E-state index in [2.05, 4.69) is 4.90 Å². The number of hydrogen-bond acceptors (Lipinski definition) is 6. The molecule has 9 heteroatoms. The lowest BCUT2D eigenvalue weighted by Crippen LogP contribution is -2.51. The number of carbonyl (C=O) groups is 2. The van der Waals surface area contributed by atoms with Crippen LogP contribution in [-0.4, -0.2) is 83.9 Å².